The van der Waals surface area contributed by atoms with Crippen molar-refractivity contribution < 1.29 is 9.59 Å². The lowest BCUT2D eigenvalue weighted by molar-refractivity contribution is -0.126. The highest BCUT2D eigenvalue weighted by Gasteiger charge is 2.17. The van der Waals surface area contributed by atoms with Crippen molar-refractivity contribution in [1.82, 2.24) is 5.53 Å². The van der Waals surface area contributed by atoms with Crippen LogP contribution in [0.15, 0.2) is 5.11 Å². The molecule has 0 saturated carbocycles. The fourth-order valence-corrected chi connectivity index (χ4v) is 0.449. The lowest BCUT2D eigenvalue weighted by atomic mass is 10.1. The van der Waals surface area contributed by atoms with Gasteiger partial charge in [-0.3, -0.25) is 9.59 Å². The van der Waals surface area contributed by atoms with Crippen LogP contribution in [0.1, 0.15) is 13.8 Å². The van der Waals surface area contributed by atoms with Crippen LogP contribution in [0, 0.1) is 0 Å². The average molecular weight is 127 g/mol. The molecule has 0 saturated heterocycles. The quantitative estimate of drug-likeness (QED) is 0.388. The van der Waals surface area contributed by atoms with Gasteiger partial charge in [-0.15, -0.1) is 5.11 Å². The SMILES string of the molecule is CC(=O)C(N=[N])C(C)=O. The Labute approximate surface area is 52.8 Å². The molecule has 9 heavy (non-hydrogen) atoms. The summed E-state index contributed by atoms with van der Waals surface area (Å²) in [5, 5.41) is 2.59. The van der Waals surface area contributed by atoms with E-state index in [0.29, 0.717) is 0 Å². The monoisotopic (exact) mass is 127 g/mol. The van der Waals surface area contributed by atoms with Crippen molar-refractivity contribution in [3.63, 3.8) is 0 Å². The van der Waals surface area contributed by atoms with Crippen LogP contribution in [-0.2, 0) is 9.59 Å². The Morgan fingerprint density at radius 2 is 1.67 bits per heavy atom. The van der Waals surface area contributed by atoms with Crippen molar-refractivity contribution >= 4 is 11.6 Å². The van der Waals surface area contributed by atoms with Gasteiger partial charge in [-0.1, -0.05) is 0 Å². The molecule has 0 bridgehead atoms. The summed E-state index contributed by atoms with van der Waals surface area (Å²) < 4.78 is 0. The minimum absolute atomic E-state index is 0.440. The molecule has 0 rings (SSSR count). The van der Waals surface area contributed by atoms with Crippen molar-refractivity contribution in [3.05, 3.63) is 0 Å². The van der Waals surface area contributed by atoms with Crippen LogP contribution in [-0.4, -0.2) is 17.6 Å². The maximum Gasteiger partial charge on any atom is 0.188 e. The molecule has 0 aromatic heterocycles. The Morgan fingerprint density at radius 1 is 1.33 bits per heavy atom. The van der Waals surface area contributed by atoms with E-state index in [0.717, 1.165) is 0 Å². The molecule has 0 amide bonds. The molecule has 0 heterocycles. The molecule has 1 radical (unpaired) electrons. The maximum atomic E-state index is 10.3. The lowest BCUT2D eigenvalue weighted by Gasteiger charge is -1.97. The van der Waals surface area contributed by atoms with E-state index >= 15 is 0 Å². The van der Waals surface area contributed by atoms with E-state index in [1.54, 1.807) is 0 Å². The summed E-state index contributed by atoms with van der Waals surface area (Å²) in [6.45, 7) is 2.40. The number of nitrogens with zero attached hydrogens (tertiary/aromatic N) is 2. The molecule has 4 heteroatoms. The second-order valence-electron chi connectivity index (χ2n) is 1.74. The normalized spacial score (nSPS) is 9.22. The molecule has 0 aromatic carbocycles. The third kappa shape index (κ3) is 2.12. The number of Topliss-reactive ketones (excluding diaryl/α,β-unsaturated/α-hetero) is 2. The number of carbonyl (C=O) groups is 2. The van der Waals surface area contributed by atoms with Gasteiger partial charge in [0.05, 0.1) is 0 Å². The number of hydrogen-bond donors (Lipinski definition) is 0. The van der Waals surface area contributed by atoms with Crippen molar-refractivity contribution in [2.75, 3.05) is 0 Å². The molecule has 4 nitrogen and oxygen atoms in total. The first kappa shape index (κ1) is 7.94. The summed E-state index contributed by atoms with van der Waals surface area (Å²) in [6, 6.07) is -1.18. The number of carbonyl (C=O) groups excluding carboxylic acids is 2. The summed E-state index contributed by atoms with van der Waals surface area (Å²) in [7, 11) is 0. The van der Waals surface area contributed by atoms with Gasteiger partial charge in [0.25, 0.3) is 0 Å². The first-order valence-corrected chi connectivity index (χ1v) is 2.44. The van der Waals surface area contributed by atoms with Gasteiger partial charge in [-0.25, -0.2) is 0 Å². The summed E-state index contributed by atoms with van der Waals surface area (Å²) >= 11 is 0. The molecule has 0 unspecified atom stereocenters. The van der Waals surface area contributed by atoms with Crippen molar-refractivity contribution in [1.29, 1.82) is 0 Å². The van der Waals surface area contributed by atoms with Gasteiger partial charge >= 0.3 is 0 Å². The Morgan fingerprint density at radius 3 is 1.67 bits per heavy atom. The Balaban J connectivity index is 4.16. The summed E-state index contributed by atoms with van der Waals surface area (Å²) in [5.74, 6) is -0.880. The highest BCUT2D eigenvalue weighted by molar-refractivity contribution is 6.04. The molecular formula is C5H7N2O2. The highest BCUT2D eigenvalue weighted by Crippen LogP contribution is 1.91. The predicted molar refractivity (Wildman–Crippen MR) is 29.7 cm³/mol. The Hall–Kier alpha value is -1.06. The first-order valence-electron chi connectivity index (χ1n) is 2.44. The molecule has 49 valence electrons. The van der Waals surface area contributed by atoms with E-state index in [4.69, 9.17) is 5.53 Å². The second kappa shape index (κ2) is 3.06. The number of rotatable bonds is 3. The Kier molecular flexibility index (Phi) is 2.70. The van der Waals surface area contributed by atoms with Gasteiger partial charge in [0, 0.05) is 0 Å². The van der Waals surface area contributed by atoms with E-state index in [-0.39, 0.29) is 0 Å². The fourth-order valence-electron chi connectivity index (χ4n) is 0.449. The molecule has 0 aliphatic carbocycles. The van der Waals surface area contributed by atoms with Crippen LogP contribution < -0.4 is 5.53 Å². The van der Waals surface area contributed by atoms with E-state index < -0.39 is 17.6 Å². The summed E-state index contributed by atoms with van der Waals surface area (Å²) in [4.78, 5) is 20.7. The molecule has 0 fully saturated rings. The minimum atomic E-state index is -1.18. The maximum absolute atomic E-state index is 10.3. The summed E-state index contributed by atoms with van der Waals surface area (Å²) in [6.07, 6.45) is 0. The molecule has 0 N–H and O–H groups in total. The zero-order valence-electron chi connectivity index (χ0n) is 5.29. The zero-order valence-corrected chi connectivity index (χ0v) is 5.29. The first-order chi connectivity index (χ1) is 4.09. The van der Waals surface area contributed by atoms with Gasteiger partial charge in [0.15, 0.2) is 17.6 Å². The molecule has 0 spiro atoms. The van der Waals surface area contributed by atoms with Gasteiger partial charge in [0.2, 0.25) is 0 Å². The van der Waals surface area contributed by atoms with Crippen LogP contribution in [0.4, 0.5) is 0 Å². The molecular weight excluding hydrogens is 120 g/mol. The van der Waals surface area contributed by atoms with Gasteiger partial charge < -0.3 is 0 Å². The lowest BCUT2D eigenvalue weighted by Crippen LogP contribution is -2.23. The highest BCUT2D eigenvalue weighted by atomic mass is 16.2. The van der Waals surface area contributed by atoms with Crippen LogP contribution in [0.5, 0.6) is 0 Å². The van der Waals surface area contributed by atoms with Gasteiger partial charge in [-0.2, -0.15) is 0 Å². The second-order valence-corrected chi connectivity index (χ2v) is 1.74. The molecule has 0 aliphatic heterocycles. The predicted octanol–water partition coefficient (Wildman–Crippen LogP) is -0.215. The molecule has 0 aromatic rings. The van der Waals surface area contributed by atoms with Gasteiger partial charge in [-0.05, 0) is 19.4 Å². The standard InChI is InChI=1S/C5H7N2O2/c1-3(8)5(7-6)4(2)9/h5H,1-2H3. The van der Waals surface area contributed by atoms with Crippen LogP contribution in [0.3, 0.4) is 0 Å². The van der Waals surface area contributed by atoms with E-state index in [1.807, 2.05) is 0 Å². The Bertz CT molecular complexity index is 139. The number of ketones is 2. The van der Waals surface area contributed by atoms with E-state index in [9.17, 15) is 9.59 Å². The largest absolute Gasteiger partial charge is 0.297 e. The van der Waals surface area contributed by atoms with E-state index in [1.165, 1.54) is 13.8 Å². The zero-order chi connectivity index (χ0) is 7.44. The van der Waals surface area contributed by atoms with Crippen LogP contribution in [0.25, 0.3) is 0 Å². The number of hydrogen-bond acceptors (Lipinski definition) is 3. The van der Waals surface area contributed by atoms with Crippen molar-refractivity contribution in [2.45, 2.75) is 19.9 Å². The topological polar surface area (TPSA) is 68.8 Å². The third-order valence-electron chi connectivity index (χ3n) is 0.886. The van der Waals surface area contributed by atoms with Gasteiger partial charge in [0.1, 0.15) is 0 Å². The fraction of sp³-hybridized carbons (Fsp3) is 0.600. The van der Waals surface area contributed by atoms with Crippen molar-refractivity contribution in [3.8, 4) is 0 Å². The van der Waals surface area contributed by atoms with E-state index in [2.05, 4.69) is 5.11 Å². The van der Waals surface area contributed by atoms with Crippen LogP contribution >= 0.6 is 0 Å². The van der Waals surface area contributed by atoms with Crippen LogP contribution in [0.2, 0.25) is 0 Å². The third-order valence-corrected chi connectivity index (χ3v) is 0.886. The molecule has 0 atom stereocenters. The average Bonchev–Trinajstić information content (AvgIpc) is 1.64. The van der Waals surface area contributed by atoms with Crippen molar-refractivity contribution in [2.24, 2.45) is 5.11 Å². The smallest absolute Gasteiger partial charge is 0.188 e. The molecule has 0 aliphatic rings. The summed E-state index contributed by atoms with van der Waals surface area (Å²) in [5.41, 5.74) is 8.05. The minimum Gasteiger partial charge on any atom is -0.297 e.